The van der Waals surface area contributed by atoms with Gasteiger partial charge in [0.15, 0.2) is 0 Å². The van der Waals surface area contributed by atoms with E-state index in [4.69, 9.17) is 14.6 Å². The number of benzene rings is 1. The standard InChI is InChI=1S/C12H15NO4/c1-16-11-5-3-2-4-9(11)10-8-17-12(15)13(10)6-7-14/h2-5,10,14H,6-8H2,1H3. The predicted octanol–water partition coefficient (Wildman–Crippen LogP) is 1.18. The van der Waals surface area contributed by atoms with Crippen molar-refractivity contribution in [3.8, 4) is 5.75 Å². The van der Waals surface area contributed by atoms with Crippen molar-refractivity contribution in [2.75, 3.05) is 26.9 Å². The molecule has 1 saturated heterocycles. The summed E-state index contributed by atoms with van der Waals surface area (Å²) in [5.41, 5.74) is 0.898. The summed E-state index contributed by atoms with van der Waals surface area (Å²) in [4.78, 5) is 13.0. The Morgan fingerprint density at radius 3 is 3.00 bits per heavy atom. The number of nitrogens with zero attached hydrogens (tertiary/aromatic N) is 1. The van der Waals surface area contributed by atoms with Crippen LogP contribution in [0.15, 0.2) is 24.3 Å². The highest BCUT2D eigenvalue weighted by Crippen LogP contribution is 2.33. The molecular formula is C12H15NO4. The summed E-state index contributed by atoms with van der Waals surface area (Å²) in [7, 11) is 1.59. The van der Waals surface area contributed by atoms with Crippen LogP contribution in [0.5, 0.6) is 5.75 Å². The summed E-state index contributed by atoms with van der Waals surface area (Å²) in [6.07, 6.45) is -0.394. The molecule has 1 aromatic rings. The first kappa shape index (κ1) is 11.7. The second-order valence-corrected chi connectivity index (χ2v) is 3.75. The lowest BCUT2D eigenvalue weighted by molar-refractivity contribution is 0.148. The molecule has 0 radical (unpaired) electrons. The fourth-order valence-corrected chi connectivity index (χ4v) is 2.00. The first-order valence-corrected chi connectivity index (χ1v) is 5.45. The Morgan fingerprint density at radius 1 is 1.53 bits per heavy atom. The molecule has 92 valence electrons. The van der Waals surface area contributed by atoms with Crippen LogP contribution in [0.2, 0.25) is 0 Å². The summed E-state index contributed by atoms with van der Waals surface area (Å²) in [5.74, 6) is 0.721. The highest BCUT2D eigenvalue weighted by atomic mass is 16.6. The normalized spacial score (nSPS) is 19.3. The van der Waals surface area contributed by atoms with Crippen LogP contribution >= 0.6 is 0 Å². The maximum atomic E-state index is 11.5. The van der Waals surface area contributed by atoms with E-state index in [1.165, 1.54) is 4.90 Å². The molecule has 1 aromatic carbocycles. The van der Waals surface area contributed by atoms with Crippen LogP contribution in [0.25, 0.3) is 0 Å². The topological polar surface area (TPSA) is 59.0 Å². The average molecular weight is 237 g/mol. The Morgan fingerprint density at radius 2 is 2.29 bits per heavy atom. The molecule has 0 aromatic heterocycles. The minimum absolute atomic E-state index is 0.0826. The van der Waals surface area contributed by atoms with Crippen molar-refractivity contribution < 1.29 is 19.4 Å². The van der Waals surface area contributed by atoms with Crippen molar-refractivity contribution in [1.29, 1.82) is 0 Å². The Labute approximate surface area is 99.6 Å². The highest BCUT2D eigenvalue weighted by molar-refractivity contribution is 5.70. The van der Waals surface area contributed by atoms with Crippen LogP contribution in [0, 0.1) is 0 Å². The average Bonchev–Trinajstić information content (AvgIpc) is 2.72. The first-order valence-electron chi connectivity index (χ1n) is 5.45. The summed E-state index contributed by atoms with van der Waals surface area (Å²) in [6.45, 7) is 0.474. The highest BCUT2D eigenvalue weighted by Gasteiger charge is 2.34. The van der Waals surface area contributed by atoms with E-state index in [1.54, 1.807) is 7.11 Å². The number of β-amino-alcohol motifs (C(OH)–C–C–N with tert-alkyl or cyclic N) is 1. The van der Waals surface area contributed by atoms with Crippen molar-refractivity contribution in [3.63, 3.8) is 0 Å². The van der Waals surface area contributed by atoms with E-state index in [1.807, 2.05) is 24.3 Å². The number of rotatable bonds is 4. The maximum absolute atomic E-state index is 11.5. The number of aliphatic hydroxyl groups is 1. The van der Waals surface area contributed by atoms with Crippen LogP contribution in [-0.4, -0.2) is 43.0 Å². The minimum Gasteiger partial charge on any atom is -0.496 e. The quantitative estimate of drug-likeness (QED) is 0.854. The predicted molar refractivity (Wildman–Crippen MR) is 60.9 cm³/mol. The summed E-state index contributed by atoms with van der Waals surface area (Å²) in [6, 6.07) is 7.31. The largest absolute Gasteiger partial charge is 0.496 e. The van der Waals surface area contributed by atoms with Gasteiger partial charge in [0.05, 0.1) is 19.8 Å². The van der Waals surface area contributed by atoms with Crippen molar-refractivity contribution in [1.82, 2.24) is 4.90 Å². The van der Waals surface area contributed by atoms with Crippen molar-refractivity contribution in [3.05, 3.63) is 29.8 Å². The second kappa shape index (κ2) is 5.05. The number of hydrogen-bond donors (Lipinski definition) is 1. The number of aliphatic hydroxyl groups excluding tert-OH is 1. The summed E-state index contributed by atoms with van der Waals surface area (Å²) < 4.78 is 10.3. The van der Waals surface area contributed by atoms with E-state index in [0.717, 1.165) is 11.3 Å². The van der Waals surface area contributed by atoms with Crippen molar-refractivity contribution in [2.24, 2.45) is 0 Å². The van der Waals surface area contributed by atoms with Gasteiger partial charge in [0.25, 0.3) is 0 Å². The van der Waals surface area contributed by atoms with Crippen LogP contribution in [-0.2, 0) is 4.74 Å². The molecule has 1 amide bonds. The monoisotopic (exact) mass is 237 g/mol. The van der Waals surface area contributed by atoms with E-state index in [9.17, 15) is 4.79 Å². The molecule has 2 rings (SSSR count). The summed E-state index contributed by atoms with van der Waals surface area (Å²) >= 11 is 0. The second-order valence-electron chi connectivity index (χ2n) is 3.75. The lowest BCUT2D eigenvalue weighted by Gasteiger charge is -2.22. The Bertz CT molecular complexity index is 407. The number of carbonyl (C=O) groups is 1. The zero-order valence-electron chi connectivity index (χ0n) is 9.63. The number of cyclic esters (lactones) is 1. The van der Waals surface area contributed by atoms with Crippen LogP contribution in [0.4, 0.5) is 4.79 Å². The number of para-hydroxylation sites is 1. The van der Waals surface area contributed by atoms with Crippen LogP contribution in [0.3, 0.4) is 0 Å². The molecule has 1 N–H and O–H groups in total. The van der Waals surface area contributed by atoms with E-state index < -0.39 is 6.09 Å². The molecule has 5 nitrogen and oxygen atoms in total. The number of ether oxygens (including phenoxy) is 2. The molecule has 0 saturated carbocycles. The van der Waals surface area contributed by atoms with Gasteiger partial charge in [0.1, 0.15) is 12.4 Å². The third-order valence-corrected chi connectivity index (χ3v) is 2.81. The van der Waals surface area contributed by atoms with Crippen LogP contribution in [0.1, 0.15) is 11.6 Å². The number of carbonyl (C=O) groups excluding carboxylic acids is 1. The van der Waals surface area contributed by atoms with Gasteiger partial charge < -0.3 is 14.6 Å². The van der Waals surface area contributed by atoms with E-state index in [2.05, 4.69) is 0 Å². The van der Waals surface area contributed by atoms with Gasteiger partial charge in [-0.25, -0.2) is 4.79 Å². The molecule has 0 bridgehead atoms. The third-order valence-electron chi connectivity index (χ3n) is 2.81. The number of amides is 1. The molecule has 0 aliphatic carbocycles. The van der Waals surface area contributed by atoms with Gasteiger partial charge >= 0.3 is 6.09 Å². The smallest absolute Gasteiger partial charge is 0.410 e. The Kier molecular flexibility index (Phi) is 3.49. The van der Waals surface area contributed by atoms with E-state index >= 15 is 0 Å². The molecule has 1 fully saturated rings. The molecule has 5 heteroatoms. The molecule has 1 unspecified atom stereocenters. The zero-order chi connectivity index (χ0) is 12.3. The Hall–Kier alpha value is -1.75. The van der Waals surface area contributed by atoms with Crippen molar-refractivity contribution in [2.45, 2.75) is 6.04 Å². The molecule has 17 heavy (non-hydrogen) atoms. The van der Waals surface area contributed by atoms with Crippen molar-refractivity contribution >= 4 is 6.09 Å². The van der Waals surface area contributed by atoms with Gasteiger partial charge in [-0.1, -0.05) is 18.2 Å². The molecule has 1 atom stereocenters. The SMILES string of the molecule is COc1ccccc1C1COC(=O)N1CCO. The van der Waals surface area contributed by atoms with Gasteiger partial charge in [-0.15, -0.1) is 0 Å². The van der Waals surface area contributed by atoms with E-state index in [0.29, 0.717) is 6.61 Å². The fraction of sp³-hybridized carbons (Fsp3) is 0.417. The molecule has 1 aliphatic rings. The van der Waals surface area contributed by atoms with E-state index in [-0.39, 0.29) is 19.2 Å². The first-order chi connectivity index (χ1) is 8.27. The molecule has 1 aliphatic heterocycles. The molecule has 0 spiro atoms. The maximum Gasteiger partial charge on any atom is 0.410 e. The lowest BCUT2D eigenvalue weighted by atomic mass is 10.1. The third kappa shape index (κ3) is 2.19. The lowest BCUT2D eigenvalue weighted by Crippen LogP contribution is -2.30. The minimum atomic E-state index is -0.394. The zero-order valence-corrected chi connectivity index (χ0v) is 9.63. The van der Waals surface area contributed by atoms with Gasteiger partial charge in [-0.3, -0.25) is 4.90 Å². The van der Waals surface area contributed by atoms with Crippen LogP contribution < -0.4 is 4.74 Å². The number of hydrogen-bond acceptors (Lipinski definition) is 4. The Balaban J connectivity index is 2.29. The number of methoxy groups -OCH3 is 1. The van der Waals surface area contributed by atoms with Gasteiger partial charge in [-0.2, -0.15) is 0 Å². The fourth-order valence-electron chi connectivity index (χ4n) is 2.00. The molecular weight excluding hydrogens is 222 g/mol. The van der Waals surface area contributed by atoms with Gasteiger partial charge in [-0.05, 0) is 6.07 Å². The summed E-state index contributed by atoms with van der Waals surface area (Å²) in [5, 5.41) is 8.95. The van der Waals surface area contributed by atoms with Gasteiger partial charge in [0.2, 0.25) is 0 Å². The van der Waals surface area contributed by atoms with Gasteiger partial charge in [0, 0.05) is 12.1 Å². The molecule has 1 heterocycles.